The minimum Gasteiger partial charge on any atom is -0.345 e. The van der Waals surface area contributed by atoms with Gasteiger partial charge < -0.3 is 10.3 Å². The number of hydrogen-bond acceptors (Lipinski definition) is 2. The third-order valence-electron chi connectivity index (χ3n) is 2.99. The standard InChI is InChI=1S/C14H17F3N2O/c1-10(18)8-11-2-3-13-12(9-11)4-5-19(13)6-7-20-14(15,16)17/h2-5,9-10H,6-8,18H2,1H3. The van der Waals surface area contributed by atoms with Gasteiger partial charge in [-0.25, -0.2) is 0 Å². The molecule has 2 rings (SSSR count). The maximum atomic E-state index is 11.9. The van der Waals surface area contributed by atoms with E-state index in [0.717, 1.165) is 22.9 Å². The van der Waals surface area contributed by atoms with Gasteiger partial charge in [-0.05, 0) is 42.5 Å². The number of halogens is 3. The largest absolute Gasteiger partial charge is 0.522 e. The topological polar surface area (TPSA) is 40.2 Å². The molecular formula is C14H17F3N2O. The molecule has 0 aliphatic rings. The van der Waals surface area contributed by atoms with Gasteiger partial charge in [0.2, 0.25) is 0 Å². The van der Waals surface area contributed by atoms with Crippen LogP contribution in [0.15, 0.2) is 30.5 Å². The van der Waals surface area contributed by atoms with Crippen LogP contribution in [0.3, 0.4) is 0 Å². The second-order valence-corrected chi connectivity index (χ2v) is 4.88. The molecule has 0 saturated carbocycles. The summed E-state index contributed by atoms with van der Waals surface area (Å²) in [7, 11) is 0. The van der Waals surface area contributed by atoms with Crippen LogP contribution in [0.4, 0.5) is 13.2 Å². The van der Waals surface area contributed by atoms with Crippen molar-refractivity contribution in [3.8, 4) is 0 Å². The first-order valence-electron chi connectivity index (χ1n) is 6.39. The zero-order valence-electron chi connectivity index (χ0n) is 11.2. The van der Waals surface area contributed by atoms with Gasteiger partial charge in [0, 0.05) is 24.3 Å². The first-order valence-corrected chi connectivity index (χ1v) is 6.39. The summed E-state index contributed by atoms with van der Waals surface area (Å²) in [6.45, 7) is 1.70. The van der Waals surface area contributed by atoms with Gasteiger partial charge in [-0.3, -0.25) is 4.74 Å². The highest BCUT2D eigenvalue weighted by Gasteiger charge is 2.28. The average molecular weight is 286 g/mol. The van der Waals surface area contributed by atoms with E-state index < -0.39 is 13.0 Å². The molecular weight excluding hydrogens is 269 g/mol. The van der Waals surface area contributed by atoms with Gasteiger partial charge in [0.05, 0.1) is 6.61 Å². The molecule has 0 radical (unpaired) electrons. The number of ether oxygens (including phenoxy) is 1. The minimum atomic E-state index is -4.58. The Labute approximate surface area is 115 Å². The number of nitrogens with two attached hydrogens (primary N) is 1. The van der Waals surface area contributed by atoms with Crippen LogP contribution in [-0.4, -0.2) is 23.6 Å². The smallest absolute Gasteiger partial charge is 0.345 e. The normalized spacial score (nSPS) is 13.8. The SMILES string of the molecule is CC(N)Cc1ccc2c(ccn2CCOC(F)(F)F)c1. The van der Waals surface area contributed by atoms with E-state index in [4.69, 9.17) is 5.73 Å². The summed E-state index contributed by atoms with van der Waals surface area (Å²) in [5.74, 6) is 0. The van der Waals surface area contributed by atoms with Crippen LogP contribution < -0.4 is 5.73 Å². The summed E-state index contributed by atoms with van der Waals surface area (Å²) in [6, 6.07) is 7.83. The van der Waals surface area contributed by atoms with Gasteiger partial charge >= 0.3 is 6.36 Å². The molecule has 6 heteroatoms. The Balaban J connectivity index is 2.08. The second-order valence-electron chi connectivity index (χ2n) is 4.88. The molecule has 20 heavy (non-hydrogen) atoms. The molecule has 3 nitrogen and oxygen atoms in total. The van der Waals surface area contributed by atoms with Crippen LogP contribution in [0, 0.1) is 0 Å². The van der Waals surface area contributed by atoms with E-state index in [1.54, 1.807) is 10.8 Å². The van der Waals surface area contributed by atoms with Crippen molar-refractivity contribution in [1.29, 1.82) is 0 Å². The first-order chi connectivity index (χ1) is 9.35. The van der Waals surface area contributed by atoms with Crippen LogP contribution in [-0.2, 0) is 17.7 Å². The minimum absolute atomic E-state index is 0.0784. The molecule has 1 heterocycles. The molecule has 110 valence electrons. The monoisotopic (exact) mass is 286 g/mol. The van der Waals surface area contributed by atoms with E-state index in [1.807, 2.05) is 31.2 Å². The third-order valence-corrected chi connectivity index (χ3v) is 2.99. The predicted molar refractivity (Wildman–Crippen MR) is 71.3 cm³/mol. The molecule has 0 saturated heterocycles. The van der Waals surface area contributed by atoms with E-state index in [-0.39, 0.29) is 12.6 Å². The fraction of sp³-hybridized carbons (Fsp3) is 0.429. The van der Waals surface area contributed by atoms with Gasteiger partial charge in [-0.15, -0.1) is 13.2 Å². The summed E-state index contributed by atoms with van der Waals surface area (Å²) >= 11 is 0. The van der Waals surface area contributed by atoms with E-state index in [2.05, 4.69) is 4.74 Å². The highest BCUT2D eigenvalue weighted by atomic mass is 19.4. The van der Waals surface area contributed by atoms with Crippen molar-refractivity contribution in [3.63, 3.8) is 0 Å². The Morgan fingerprint density at radius 3 is 2.70 bits per heavy atom. The van der Waals surface area contributed by atoms with Crippen molar-refractivity contribution in [2.24, 2.45) is 5.73 Å². The van der Waals surface area contributed by atoms with Gasteiger partial charge in [-0.1, -0.05) is 6.07 Å². The number of alkyl halides is 3. The van der Waals surface area contributed by atoms with Crippen molar-refractivity contribution in [2.75, 3.05) is 6.61 Å². The van der Waals surface area contributed by atoms with Crippen molar-refractivity contribution in [3.05, 3.63) is 36.0 Å². The molecule has 0 bridgehead atoms. The molecule has 1 atom stereocenters. The van der Waals surface area contributed by atoms with E-state index >= 15 is 0 Å². The molecule has 2 aromatic rings. The van der Waals surface area contributed by atoms with E-state index in [1.165, 1.54) is 0 Å². The lowest BCUT2D eigenvalue weighted by Gasteiger charge is -2.09. The van der Waals surface area contributed by atoms with E-state index in [9.17, 15) is 13.2 Å². The lowest BCUT2D eigenvalue weighted by atomic mass is 10.1. The number of fused-ring (bicyclic) bond motifs is 1. The fourth-order valence-electron chi connectivity index (χ4n) is 2.20. The van der Waals surface area contributed by atoms with E-state index in [0.29, 0.717) is 0 Å². The van der Waals surface area contributed by atoms with Gasteiger partial charge in [0.1, 0.15) is 0 Å². The molecule has 0 aliphatic heterocycles. The number of benzene rings is 1. The zero-order chi connectivity index (χ0) is 14.8. The summed E-state index contributed by atoms with van der Waals surface area (Å²) in [5.41, 5.74) is 7.77. The highest BCUT2D eigenvalue weighted by Crippen LogP contribution is 2.20. The summed E-state index contributed by atoms with van der Waals surface area (Å²) < 4.78 is 41.3. The van der Waals surface area contributed by atoms with Crippen molar-refractivity contribution in [2.45, 2.75) is 32.3 Å². The summed E-state index contributed by atoms with van der Waals surface area (Å²) in [4.78, 5) is 0. The van der Waals surface area contributed by atoms with Crippen molar-refractivity contribution >= 4 is 10.9 Å². The van der Waals surface area contributed by atoms with Crippen LogP contribution >= 0.6 is 0 Å². The Hall–Kier alpha value is -1.53. The molecule has 0 amide bonds. The summed E-state index contributed by atoms with van der Waals surface area (Å²) in [6.07, 6.45) is -2.04. The molecule has 0 spiro atoms. The third kappa shape index (κ3) is 3.98. The van der Waals surface area contributed by atoms with Crippen molar-refractivity contribution < 1.29 is 17.9 Å². The number of nitrogens with zero attached hydrogens (tertiary/aromatic N) is 1. The molecule has 2 N–H and O–H groups in total. The van der Waals surface area contributed by atoms with Crippen LogP contribution in [0.1, 0.15) is 12.5 Å². The first kappa shape index (κ1) is 14.9. The number of rotatable bonds is 5. The van der Waals surface area contributed by atoms with Gasteiger partial charge in [-0.2, -0.15) is 0 Å². The lowest BCUT2D eigenvalue weighted by molar-refractivity contribution is -0.325. The molecule has 1 aromatic heterocycles. The summed E-state index contributed by atoms with van der Waals surface area (Å²) in [5, 5.41) is 0.996. The van der Waals surface area contributed by atoms with Gasteiger partial charge in [0.25, 0.3) is 0 Å². The Bertz CT molecular complexity index is 575. The molecule has 1 aromatic carbocycles. The zero-order valence-corrected chi connectivity index (χ0v) is 11.2. The molecule has 1 unspecified atom stereocenters. The predicted octanol–water partition coefficient (Wildman–Crippen LogP) is 3.07. The van der Waals surface area contributed by atoms with Crippen LogP contribution in [0.2, 0.25) is 0 Å². The number of hydrogen-bond donors (Lipinski definition) is 1. The average Bonchev–Trinajstić information content (AvgIpc) is 2.69. The van der Waals surface area contributed by atoms with Crippen LogP contribution in [0.25, 0.3) is 10.9 Å². The second kappa shape index (κ2) is 5.85. The van der Waals surface area contributed by atoms with Crippen molar-refractivity contribution in [1.82, 2.24) is 4.57 Å². The molecule has 0 fully saturated rings. The lowest BCUT2D eigenvalue weighted by Crippen LogP contribution is -2.17. The molecule has 0 aliphatic carbocycles. The van der Waals surface area contributed by atoms with Crippen LogP contribution in [0.5, 0.6) is 0 Å². The number of aromatic nitrogens is 1. The van der Waals surface area contributed by atoms with Gasteiger partial charge in [0.15, 0.2) is 0 Å². The maximum Gasteiger partial charge on any atom is 0.522 e. The Morgan fingerprint density at radius 2 is 2.05 bits per heavy atom. The highest BCUT2D eigenvalue weighted by molar-refractivity contribution is 5.80. The Kier molecular flexibility index (Phi) is 4.35. The quantitative estimate of drug-likeness (QED) is 0.917. The maximum absolute atomic E-state index is 11.9. The Morgan fingerprint density at radius 1 is 1.30 bits per heavy atom. The fourth-order valence-corrected chi connectivity index (χ4v) is 2.20.